The lowest BCUT2D eigenvalue weighted by Gasteiger charge is -2.10. The van der Waals surface area contributed by atoms with Crippen LogP contribution in [0.2, 0.25) is 0 Å². The van der Waals surface area contributed by atoms with Gasteiger partial charge in [0.25, 0.3) is 0 Å². The smallest absolute Gasteiger partial charge is 0.308 e. The van der Waals surface area contributed by atoms with Crippen molar-refractivity contribution in [3.8, 4) is 0 Å². The molecule has 82 valence electrons. The third-order valence-electron chi connectivity index (χ3n) is 2.12. The monoisotopic (exact) mass is 270 g/mol. The second kappa shape index (κ2) is 5.91. The molecule has 0 spiro atoms. The fraction of sp³-hybridized carbons (Fsp3) is 0.417. The van der Waals surface area contributed by atoms with Crippen LogP contribution in [0, 0.1) is 5.92 Å². The van der Waals surface area contributed by atoms with Gasteiger partial charge >= 0.3 is 5.97 Å². The number of benzene rings is 1. The van der Waals surface area contributed by atoms with Crippen LogP contribution >= 0.6 is 15.9 Å². The van der Waals surface area contributed by atoms with E-state index in [0.29, 0.717) is 6.61 Å². The molecule has 0 bridgehead atoms. The third-order valence-corrected chi connectivity index (χ3v) is 2.61. The molecule has 0 aliphatic rings. The molecule has 3 heteroatoms. The Hall–Kier alpha value is -0.830. The molecule has 0 radical (unpaired) electrons. The highest BCUT2D eigenvalue weighted by molar-refractivity contribution is 9.10. The van der Waals surface area contributed by atoms with E-state index in [4.69, 9.17) is 4.74 Å². The highest BCUT2D eigenvalue weighted by atomic mass is 79.9. The molecule has 2 nitrogen and oxygen atoms in total. The highest BCUT2D eigenvalue weighted by Crippen LogP contribution is 2.15. The van der Waals surface area contributed by atoms with Gasteiger partial charge in [0.2, 0.25) is 0 Å². The zero-order valence-corrected chi connectivity index (χ0v) is 10.6. The first kappa shape index (κ1) is 12.2. The Morgan fingerprint density at radius 1 is 1.53 bits per heavy atom. The number of carbonyl (C=O) groups is 1. The predicted octanol–water partition coefficient (Wildman–Crippen LogP) is 3.19. The summed E-state index contributed by atoms with van der Waals surface area (Å²) in [5.41, 5.74) is 1.14. The van der Waals surface area contributed by atoms with Crippen LogP contribution in [-0.4, -0.2) is 12.6 Å². The summed E-state index contributed by atoms with van der Waals surface area (Å²) < 4.78 is 5.99. The largest absolute Gasteiger partial charge is 0.466 e. The molecule has 0 saturated heterocycles. The summed E-state index contributed by atoms with van der Waals surface area (Å²) >= 11 is 3.40. The van der Waals surface area contributed by atoms with E-state index >= 15 is 0 Å². The summed E-state index contributed by atoms with van der Waals surface area (Å²) in [6.07, 6.45) is 0.721. The minimum atomic E-state index is -0.127. The zero-order valence-electron chi connectivity index (χ0n) is 9.00. The van der Waals surface area contributed by atoms with E-state index < -0.39 is 0 Å². The molecule has 1 atom stereocenters. The summed E-state index contributed by atoms with van der Waals surface area (Å²) in [6, 6.07) is 7.98. The summed E-state index contributed by atoms with van der Waals surface area (Å²) in [6.45, 7) is 4.16. The molecule has 1 aromatic rings. The molecule has 0 N–H and O–H groups in total. The zero-order chi connectivity index (χ0) is 11.3. The van der Waals surface area contributed by atoms with Crippen LogP contribution in [0.4, 0.5) is 0 Å². The third kappa shape index (κ3) is 4.04. The number of hydrogen-bond acceptors (Lipinski definition) is 2. The summed E-state index contributed by atoms with van der Waals surface area (Å²) in [4.78, 5) is 11.4. The first-order chi connectivity index (χ1) is 7.13. The van der Waals surface area contributed by atoms with Crippen LogP contribution in [0.3, 0.4) is 0 Å². The molecule has 1 aromatic carbocycles. The summed E-state index contributed by atoms with van der Waals surface area (Å²) in [5, 5.41) is 0. The molecular weight excluding hydrogens is 256 g/mol. The minimum Gasteiger partial charge on any atom is -0.466 e. The van der Waals surface area contributed by atoms with Crippen LogP contribution in [0.5, 0.6) is 0 Å². The second-order valence-electron chi connectivity index (χ2n) is 3.49. The molecule has 0 saturated carbocycles. The van der Waals surface area contributed by atoms with Gasteiger partial charge in [0, 0.05) is 4.47 Å². The summed E-state index contributed by atoms with van der Waals surface area (Å²) in [7, 11) is 0. The highest BCUT2D eigenvalue weighted by Gasteiger charge is 2.14. The molecule has 0 amide bonds. The Morgan fingerprint density at radius 3 is 2.87 bits per heavy atom. The molecule has 0 fully saturated rings. The maximum Gasteiger partial charge on any atom is 0.308 e. The van der Waals surface area contributed by atoms with Crippen molar-refractivity contribution >= 4 is 21.9 Å². The lowest BCUT2D eigenvalue weighted by atomic mass is 10.0. The average Bonchev–Trinajstić information content (AvgIpc) is 2.18. The molecule has 1 unspecified atom stereocenters. The van der Waals surface area contributed by atoms with E-state index in [1.54, 1.807) is 0 Å². The van der Waals surface area contributed by atoms with Gasteiger partial charge < -0.3 is 4.74 Å². The number of ether oxygens (including phenoxy) is 1. The van der Waals surface area contributed by atoms with E-state index in [0.717, 1.165) is 16.5 Å². The molecule has 0 heterocycles. The number of halogens is 1. The first-order valence-electron chi connectivity index (χ1n) is 5.04. The van der Waals surface area contributed by atoms with Crippen LogP contribution in [0.25, 0.3) is 0 Å². The van der Waals surface area contributed by atoms with E-state index in [1.165, 1.54) is 0 Å². The minimum absolute atomic E-state index is 0.0840. The van der Waals surface area contributed by atoms with Gasteiger partial charge in [-0.3, -0.25) is 4.79 Å². The Bertz CT molecular complexity index is 336. The van der Waals surface area contributed by atoms with Crippen molar-refractivity contribution in [3.63, 3.8) is 0 Å². The quantitative estimate of drug-likeness (QED) is 0.786. The van der Waals surface area contributed by atoms with Crippen molar-refractivity contribution in [2.24, 2.45) is 5.92 Å². The Kier molecular flexibility index (Phi) is 4.82. The van der Waals surface area contributed by atoms with Crippen molar-refractivity contribution in [2.45, 2.75) is 20.3 Å². The van der Waals surface area contributed by atoms with Crippen molar-refractivity contribution < 1.29 is 9.53 Å². The maximum atomic E-state index is 11.4. The topological polar surface area (TPSA) is 26.3 Å². The van der Waals surface area contributed by atoms with E-state index in [1.807, 2.05) is 38.1 Å². The number of hydrogen-bond donors (Lipinski definition) is 0. The van der Waals surface area contributed by atoms with Gasteiger partial charge in [-0.05, 0) is 31.0 Å². The lowest BCUT2D eigenvalue weighted by molar-refractivity contribution is -0.147. The van der Waals surface area contributed by atoms with Crippen LogP contribution in [0.15, 0.2) is 28.7 Å². The van der Waals surface area contributed by atoms with E-state index in [2.05, 4.69) is 15.9 Å². The van der Waals surface area contributed by atoms with Crippen molar-refractivity contribution in [1.82, 2.24) is 0 Å². The van der Waals surface area contributed by atoms with Gasteiger partial charge in [-0.1, -0.05) is 35.0 Å². The molecule has 0 aliphatic carbocycles. The van der Waals surface area contributed by atoms with Gasteiger partial charge in [0.1, 0.15) is 0 Å². The Balaban J connectivity index is 2.58. The van der Waals surface area contributed by atoms with Crippen molar-refractivity contribution in [2.75, 3.05) is 6.61 Å². The van der Waals surface area contributed by atoms with Gasteiger partial charge in [-0.25, -0.2) is 0 Å². The molecular formula is C12H15BrO2. The molecule has 15 heavy (non-hydrogen) atoms. The standard InChI is InChI=1S/C12H15BrO2/c1-3-15-12(14)9(2)7-10-5-4-6-11(13)8-10/h4-6,8-9H,3,7H2,1-2H3. The maximum absolute atomic E-state index is 11.4. The normalized spacial score (nSPS) is 12.2. The fourth-order valence-corrected chi connectivity index (χ4v) is 1.83. The van der Waals surface area contributed by atoms with Crippen LogP contribution in [0.1, 0.15) is 19.4 Å². The summed E-state index contributed by atoms with van der Waals surface area (Å²) in [5.74, 6) is -0.211. The Labute approximate surface area is 98.8 Å². The van der Waals surface area contributed by atoms with Gasteiger partial charge in [0.15, 0.2) is 0 Å². The van der Waals surface area contributed by atoms with Gasteiger partial charge in [0.05, 0.1) is 12.5 Å². The SMILES string of the molecule is CCOC(=O)C(C)Cc1cccc(Br)c1. The average molecular weight is 271 g/mol. The number of esters is 1. The Morgan fingerprint density at radius 2 is 2.27 bits per heavy atom. The van der Waals surface area contributed by atoms with Crippen molar-refractivity contribution in [1.29, 1.82) is 0 Å². The molecule has 0 aromatic heterocycles. The van der Waals surface area contributed by atoms with E-state index in [-0.39, 0.29) is 11.9 Å². The molecule has 1 rings (SSSR count). The lowest BCUT2D eigenvalue weighted by Crippen LogP contribution is -2.16. The van der Waals surface area contributed by atoms with Crippen LogP contribution in [-0.2, 0) is 16.0 Å². The van der Waals surface area contributed by atoms with Crippen molar-refractivity contribution in [3.05, 3.63) is 34.3 Å². The fourth-order valence-electron chi connectivity index (χ4n) is 1.39. The van der Waals surface area contributed by atoms with Gasteiger partial charge in [-0.15, -0.1) is 0 Å². The van der Waals surface area contributed by atoms with E-state index in [9.17, 15) is 4.79 Å². The molecule has 0 aliphatic heterocycles. The second-order valence-corrected chi connectivity index (χ2v) is 4.40. The predicted molar refractivity (Wildman–Crippen MR) is 63.6 cm³/mol. The van der Waals surface area contributed by atoms with Gasteiger partial charge in [-0.2, -0.15) is 0 Å². The number of rotatable bonds is 4. The van der Waals surface area contributed by atoms with Crippen LogP contribution < -0.4 is 0 Å². The number of carbonyl (C=O) groups excluding carboxylic acids is 1. The first-order valence-corrected chi connectivity index (χ1v) is 5.84.